The van der Waals surface area contributed by atoms with E-state index in [1.165, 1.54) is 12.1 Å². The molecule has 156 valence electrons. The van der Waals surface area contributed by atoms with Crippen LogP contribution in [-0.2, 0) is 27.9 Å². The van der Waals surface area contributed by atoms with E-state index in [-0.39, 0.29) is 16.4 Å². The fraction of sp³-hybridized carbons (Fsp3) is 0.136. The summed E-state index contributed by atoms with van der Waals surface area (Å²) in [4.78, 5) is 12.6. The lowest BCUT2D eigenvalue weighted by molar-refractivity contribution is 0.0950. The lowest BCUT2D eigenvalue weighted by atomic mass is 10.1. The molecule has 8 heteroatoms. The zero-order valence-corrected chi connectivity index (χ0v) is 18.7. The Balaban J connectivity index is 1.70. The highest BCUT2D eigenvalue weighted by molar-refractivity contribution is 9.10. The normalized spacial score (nSPS) is 11.1. The van der Waals surface area contributed by atoms with Crippen molar-refractivity contribution in [2.45, 2.75) is 18.0 Å². The van der Waals surface area contributed by atoms with Crippen molar-refractivity contribution in [3.05, 3.63) is 94.0 Å². The molecule has 0 aliphatic rings. The predicted octanol–water partition coefficient (Wildman–Crippen LogP) is 4.33. The molecule has 3 aromatic carbocycles. The molecule has 0 saturated carbocycles. The van der Waals surface area contributed by atoms with Crippen molar-refractivity contribution in [2.75, 3.05) is 11.8 Å². The zero-order valence-electron chi connectivity index (χ0n) is 16.3. The molecule has 3 rings (SSSR count). The summed E-state index contributed by atoms with van der Waals surface area (Å²) in [6.45, 7) is 0.817. The van der Waals surface area contributed by atoms with E-state index in [2.05, 4.69) is 26.0 Å². The summed E-state index contributed by atoms with van der Waals surface area (Å²) in [5, 5.41) is 2.82. The van der Waals surface area contributed by atoms with Crippen LogP contribution in [-0.4, -0.2) is 21.4 Å². The van der Waals surface area contributed by atoms with E-state index in [9.17, 15) is 13.2 Å². The molecule has 3 aromatic rings. The van der Waals surface area contributed by atoms with Crippen LogP contribution in [0.25, 0.3) is 0 Å². The number of rotatable bonds is 8. The molecule has 6 nitrogen and oxygen atoms in total. The van der Waals surface area contributed by atoms with Gasteiger partial charge < -0.3 is 10.1 Å². The Hall–Kier alpha value is -2.68. The number of hydrogen-bond donors (Lipinski definition) is 2. The van der Waals surface area contributed by atoms with E-state index in [0.29, 0.717) is 18.8 Å². The van der Waals surface area contributed by atoms with Gasteiger partial charge in [-0.15, -0.1) is 0 Å². The molecule has 0 aliphatic heterocycles. The maximum absolute atomic E-state index is 12.7. The molecule has 1 amide bonds. The van der Waals surface area contributed by atoms with Gasteiger partial charge in [0.05, 0.1) is 11.5 Å². The summed E-state index contributed by atoms with van der Waals surface area (Å²) < 4.78 is 33.8. The molecule has 0 aromatic heterocycles. The summed E-state index contributed by atoms with van der Waals surface area (Å²) >= 11 is 3.31. The van der Waals surface area contributed by atoms with Gasteiger partial charge in [-0.05, 0) is 53.6 Å². The average molecular weight is 489 g/mol. The van der Waals surface area contributed by atoms with E-state index in [0.717, 1.165) is 15.6 Å². The molecule has 0 heterocycles. The second kappa shape index (κ2) is 9.88. The standard InChI is InChI=1S/C22H21BrN2O4S/c1-29-15-17-5-2-4-16(12-17)14-24-22(26)18-6-3-7-21(13-18)30(27,28)25-20-10-8-19(23)9-11-20/h2-13,25H,14-15H2,1H3,(H,24,26). The van der Waals surface area contributed by atoms with Crippen LogP contribution in [0.15, 0.2) is 82.2 Å². The fourth-order valence-electron chi connectivity index (χ4n) is 2.82. The summed E-state index contributed by atoms with van der Waals surface area (Å²) in [6.07, 6.45) is 0. The van der Waals surface area contributed by atoms with Crippen molar-refractivity contribution in [3.8, 4) is 0 Å². The van der Waals surface area contributed by atoms with Crippen molar-refractivity contribution in [3.63, 3.8) is 0 Å². The van der Waals surface area contributed by atoms with Crippen LogP contribution in [0.2, 0.25) is 0 Å². The van der Waals surface area contributed by atoms with Crippen LogP contribution in [0.5, 0.6) is 0 Å². The number of benzene rings is 3. The number of nitrogens with one attached hydrogen (secondary N) is 2. The van der Waals surface area contributed by atoms with E-state index in [1.807, 2.05) is 24.3 Å². The molecular formula is C22H21BrN2O4S. The summed E-state index contributed by atoms with van der Waals surface area (Å²) in [5.74, 6) is -0.354. The second-order valence-electron chi connectivity index (χ2n) is 6.58. The largest absolute Gasteiger partial charge is 0.380 e. The van der Waals surface area contributed by atoms with Crippen LogP contribution in [0.3, 0.4) is 0 Å². The number of sulfonamides is 1. The Morgan fingerprint density at radius 1 is 0.967 bits per heavy atom. The Labute approximate surface area is 184 Å². The van der Waals surface area contributed by atoms with Crippen molar-refractivity contribution in [2.24, 2.45) is 0 Å². The number of methoxy groups -OCH3 is 1. The summed E-state index contributed by atoms with van der Waals surface area (Å²) in [7, 11) is -2.19. The molecule has 0 aliphatic carbocycles. The van der Waals surface area contributed by atoms with Crippen molar-refractivity contribution < 1.29 is 17.9 Å². The molecule has 0 spiro atoms. The lowest BCUT2D eigenvalue weighted by Gasteiger charge is -2.10. The molecule has 0 unspecified atom stereocenters. The summed E-state index contributed by atoms with van der Waals surface area (Å²) in [6, 6.07) is 20.4. The number of carbonyl (C=O) groups is 1. The lowest BCUT2D eigenvalue weighted by Crippen LogP contribution is -2.23. The monoisotopic (exact) mass is 488 g/mol. The molecule has 0 atom stereocenters. The molecular weight excluding hydrogens is 468 g/mol. The van der Waals surface area contributed by atoms with Crippen LogP contribution in [0.1, 0.15) is 21.5 Å². The third-order valence-electron chi connectivity index (χ3n) is 4.26. The molecule has 0 fully saturated rings. The van der Waals surface area contributed by atoms with Crippen LogP contribution < -0.4 is 10.0 Å². The van der Waals surface area contributed by atoms with E-state index < -0.39 is 10.0 Å². The minimum Gasteiger partial charge on any atom is -0.380 e. The topological polar surface area (TPSA) is 84.5 Å². The minimum atomic E-state index is -3.82. The highest BCUT2D eigenvalue weighted by atomic mass is 79.9. The smallest absolute Gasteiger partial charge is 0.261 e. The number of amides is 1. The molecule has 0 radical (unpaired) electrons. The van der Waals surface area contributed by atoms with Gasteiger partial charge in [-0.1, -0.05) is 46.3 Å². The average Bonchev–Trinajstić information content (AvgIpc) is 2.74. The van der Waals surface area contributed by atoms with Gasteiger partial charge in [-0.25, -0.2) is 8.42 Å². The first-order chi connectivity index (χ1) is 14.4. The first-order valence-corrected chi connectivity index (χ1v) is 11.4. The highest BCUT2D eigenvalue weighted by Gasteiger charge is 2.16. The maximum Gasteiger partial charge on any atom is 0.261 e. The molecule has 0 saturated heterocycles. The molecule has 30 heavy (non-hydrogen) atoms. The molecule has 0 bridgehead atoms. The predicted molar refractivity (Wildman–Crippen MR) is 120 cm³/mol. The van der Waals surface area contributed by atoms with Gasteiger partial charge >= 0.3 is 0 Å². The van der Waals surface area contributed by atoms with Gasteiger partial charge in [-0.3, -0.25) is 9.52 Å². The third-order valence-corrected chi connectivity index (χ3v) is 6.17. The Kier molecular flexibility index (Phi) is 7.25. The highest BCUT2D eigenvalue weighted by Crippen LogP contribution is 2.19. The first-order valence-electron chi connectivity index (χ1n) is 9.11. The van der Waals surface area contributed by atoms with Crippen molar-refractivity contribution in [1.82, 2.24) is 5.32 Å². The third kappa shape index (κ3) is 5.91. The van der Waals surface area contributed by atoms with Gasteiger partial charge in [0.1, 0.15) is 0 Å². The van der Waals surface area contributed by atoms with Gasteiger partial charge in [0, 0.05) is 29.4 Å². The quantitative estimate of drug-likeness (QED) is 0.494. The fourth-order valence-corrected chi connectivity index (χ4v) is 4.19. The van der Waals surface area contributed by atoms with Gasteiger partial charge in [-0.2, -0.15) is 0 Å². The van der Waals surface area contributed by atoms with Gasteiger partial charge in [0.2, 0.25) is 0 Å². The first kappa shape index (κ1) is 22.0. The number of anilines is 1. The van der Waals surface area contributed by atoms with Crippen LogP contribution >= 0.6 is 15.9 Å². The van der Waals surface area contributed by atoms with Gasteiger partial charge in [0.15, 0.2) is 0 Å². The Morgan fingerprint density at radius 3 is 2.40 bits per heavy atom. The second-order valence-corrected chi connectivity index (χ2v) is 9.17. The van der Waals surface area contributed by atoms with Crippen molar-refractivity contribution in [1.29, 1.82) is 0 Å². The van der Waals surface area contributed by atoms with Crippen LogP contribution in [0.4, 0.5) is 5.69 Å². The maximum atomic E-state index is 12.7. The zero-order chi connectivity index (χ0) is 21.6. The SMILES string of the molecule is COCc1cccc(CNC(=O)c2cccc(S(=O)(=O)Nc3ccc(Br)cc3)c2)c1. The van der Waals surface area contributed by atoms with E-state index >= 15 is 0 Å². The van der Waals surface area contributed by atoms with Crippen molar-refractivity contribution >= 4 is 37.5 Å². The number of halogens is 1. The number of hydrogen-bond acceptors (Lipinski definition) is 4. The van der Waals surface area contributed by atoms with E-state index in [1.54, 1.807) is 43.5 Å². The molecule has 2 N–H and O–H groups in total. The Bertz CT molecular complexity index is 1130. The Morgan fingerprint density at radius 2 is 1.67 bits per heavy atom. The van der Waals surface area contributed by atoms with E-state index in [4.69, 9.17) is 4.74 Å². The number of carbonyl (C=O) groups excluding carboxylic acids is 1. The van der Waals surface area contributed by atoms with Crippen LogP contribution in [0, 0.1) is 0 Å². The minimum absolute atomic E-state index is 0.0140. The summed E-state index contributed by atoms with van der Waals surface area (Å²) in [5.41, 5.74) is 2.64. The van der Waals surface area contributed by atoms with Gasteiger partial charge in [0.25, 0.3) is 15.9 Å². The number of ether oxygens (including phenoxy) is 1.